The molecule has 172 valence electrons. The number of nitrogens with one attached hydrogen (secondary N) is 2. The van der Waals surface area contributed by atoms with Crippen LogP contribution in [0.2, 0.25) is 5.02 Å². The van der Waals surface area contributed by atoms with Gasteiger partial charge in [-0.15, -0.1) is 0 Å². The smallest absolute Gasteiger partial charge is 0.408 e. The zero-order valence-corrected chi connectivity index (χ0v) is 20.0. The summed E-state index contributed by atoms with van der Waals surface area (Å²) in [4.78, 5) is 24.3. The van der Waals surface area contributed by atoms with Crippen molar-refractivity contribution in [2.24, 2.45) is 7.05 Å². The largest absolute Gasteiger partial charge is 0.419 e. The first-order chi connectivity index (χ1) is 15.2. The van der Waals surface area contributed by atoms with E-state index >= 15 is 0 Å². The molecule has 3 aromatic rings. The number of hydrogen-bond donors (Lipinski definition) is 2. The second kappa shape index (κ2) is 10.6. The van der Waals surface area contributed by atoms with Crippen LogP contribution in [0.25, 0.3) is 11.1 Å². The van der Waals surface area contributed by atoms with Crippen LogP contribution in [0.1, 0.15) is 12.0 Å². The van der Waals surface area contributed by atoms with Gasteiger partial charge >= 0.3 is 5.76 Å². The van der Waals surface area contributed by atoms with Crippen LogP contribution in [-0.4, -0.2) is 43.5 Å². The summed E-state index contributed by atoms with van der Waals surface area (Å²) in [6.07, 6.45) is 2.81. The number of thioether (sulfide) groups is 1. The number of sulfonamides is 1. The van der Waals surface area contributed by atoms with Gasteiger partial charge in [0.15, 0.2) is 5.58 Å². The van der Waals surface area contributed by atoms with Gasteiger partial charge in [-0.3, -0.25) is 9.36 Å². The number of benzene rings is 2. The zero-order chi connectivity index (χ0) is 23.3. The van der Waals surface area contributed by atoms with Gasteiger partial charge in [-0.2, -0.15) is 16.5 Å². The molecule has 8 nitrogen and oxygen atoms in total. The molecular weight excluding hydrogens is 474 g/mol. The highest BCUT2D eigenvalue weighted by atomic mass is 35.5. The van der Waals surface area contributed by atoms with Crippen molar-refractivity contribution < 1.29 is 17.6 Å². The Hall–Kier alpha value is -2.27. The minimum Gasteiger partial charge on any atom is -0.408 e. The first-order valence-electron chi connectivity index (χ1n) is 9.84. The number of oxazole rings is 1. The van der Waals surface area contributed by atoms with Crippen molar-refractivity contribution in [3.05, 3.63) is 63.6 Å². The van der Waals surface area contributed by atoms with Crippen molar-refractivity contribution in [2.75, 3.05) is 18.6 Å². The molecule has 0 aliphatic heterocycles. The summed E-state index contributed by atoms with van der Waals surface area (Å²) in [6, 6.07) is 10.5. The van der Waals surface area contributed by atoms with Crippen LogP contribution in [0.5, 0.6) is 0 Å². The maximum Gasteiger partial charge on any atom is 0.419 e. The minimum atomic E-state index is -4.02. The van der Waals surface area contributed by atoms with Crippen molar-refractivity contribution in [3.63, 3.8) is 0 Å². The molecule has 1 unspecified atom stereocenters. The number of halogens is 1. The second-order valence-electron chi connectivity index (χ2n) is 7.18. The fourth-order valence-electron chi connectivity index (χ4n) is 3.12. The van der Waals surface area contributed by atoms with Crippen LogP contribution < -0.4 is 15.8 Å². The van der Waals surface area contributed by atoms with Gasteiger partial charge in [0.1, 0.15) is 6.04 Å². The Bertz CT molecular complexity index is 1250. The highest BCUT2D eigenvalue weighted by Gasteiger charge is 2.26. The third-order valence-corrected chi connectivity index (χ3v) is 7.29. The molecule has 2 N–H and O–H groups in total. The number of carbonyl (C=O) groups excluding carboxylic acids is 1. The molecule has 0 saturated carbocycles. The number of rotatable bonds is 10. The van der Waals surface area contributed by atoms with Crippen LogP contribution >= 0.6 is 23.4 Å². The lowest BCUT2D eigenvalue weighted by Gasteiger charge is -2.18. The van der Waals surface area contributed by atoms with Gasteiger partial charge < -0.3 is 9.73 Å². The fourth-order valence-corrected chi connectivity index (χ4v) is 4.96. The molecule has 0 spiro atoms. The third-order valence-electron chi connectivity index (χ3n) is 4.92. The van der Waals surface area contributed by atoms with E-state index in [1.54, 1.807) is 12.1 Å². The maximum absolute atomic E-state index is 12.9. The molecule has 1 atom stereocenters. The van der Waals surface area contributed by atoms with Crippen molar-refractivity contribution in [2.45, 2.75) is 23.8 Å². The summed E-state index contributed by atoms with van der Waals surface area (Å²) in [5, 5.41) is 3.43. The standard InChI is InChI=1S/C21H24ClN3O5S2/c1-25-18-8-7-16(13-19(18)30-21(25)27)32(28,29)24-17(10-12-31-2)20(26)23-11-9-14-3-5-15(22)6-4-14/h3-8,13,17,24H,9-12H2,1-2H3,(H,23,26). The highest BCUT2D eigenvalue weighted by molar-refractivity contribution is 7.98. The molecule has 2 aromatic carbocycles. The van der Waals surface area contributed by atoms with Gasteiger partial charge in [0, 0.05) is 24.7 Å². The SMILES string of the molecule is CSCCC(NS(=O)(=O)c1ccc2c(c1)oc(=O)n2C)C(=O)NCCc1ccc(Cl)cc1. The van der Waals surface area contributed by atoms with Gasteiger partial charge in [0.25, 0.3) is 0 Å². The molecule has 0 aliphatic carbocycles. The summed E-state index contributed by atoms with van der Waals surface area (Å²) in [5.74, 6) is -0.381. The molecule has 1 amide bonds. The van der Waals surface area contributed by atoms with Crippen molar-refractivity contribution in [3.8, 4) is 0 Å². The lowest BCUT2D eigenvalue weighted by atomic mass is 10.1. The number of fused-ring (bicyclic) bond motifs is 1. The fraction of sp³-hybridized carbons (Fsp3) is 0.333. The first kappa shape index (κ1) is 24.4. The predicted octanol–water partition coefficient (Wildman–Crippen LogP) is 2.54. The van der Waals surface area contributed by atoms with E-state index < -0.39 is 27.7 Å². The molecule has 11 heteroatoms. The van der Waals surface area contributed by atoms with E-state index in [4.69, 9.17) is 16.0 Å². The maximum atomic E-state index is 12.9. The lowest BCUT2D eigenvalue weighted by Crippen LogP contribution is -2.47. The number of aromatic nitrogens is 1. The molecule has 0 saturated heterocycles. The average Bonchev–Trinajstić information content (AvgIpc) is 3.05. The lowest BCUT2D eigenvalue weighted by molar-refractivity contribution is -0.122. The number of hydrogen-bond acceptors (Lipinski definition) is 6. The Balaban J connectivity index is 1.70. The number of aryl methyl sites for hydroxylation is 1. The quantitative estimate of drug-likeness (QED) is 0.445. The molecule has 3 rings (SSSR count). The van der Waals surface area contributed by atoms with E-state index in [1.807, 2.05) is 18.4 Å². The van der Waals surface area contributed by atoms with Crippen LogP contribution in [-0.2, 0) is 28.3 Å². The Morgan fingerprint density at radius 2 is 1.94 bits per heavy atom. The summed E-state index contributed by atoms with van der Waals surface area (Å²) in [6.45, 7) is 0.360. The number of carbonyl (C=O) groups is 1. The summed E-state index contributed by atoms with van der Waals surface area (Å²) in [5.41, 5.74) is 1.65. The molecule has 1 aromatic heterocycles. The second-order valence-corrected chi connectivity index (χ2v) is 10.3. The van der Waals surface area contributed by atoms with E-state index in [-0.39, 0.29) is 10.5 Å². The van der Waals surface area contributed by atoms with Gasteiger partial charge in [-0.05, 0) is 54.7 Å². The van der Waals surface area contributed by atoms with Crippen molar-refractivity contribution in [1.29, 1.82) is 0 Å². The number of nitrogens with zero attached hydrogens (tertiary/aromatic N) is 1. The van der Waals surface area contributed by atoms with E-state index in [1.165, 1.54) is 41.6 Å². The van der Waals surface area contributed by atoms with Crippen LogP contribution in [0, 0.1) is 0 Å². The van der Waals surface area contributed by atoms with E-state index in [2.05, 4.69) is 10.0 Å². The normalized spacial score (nSPS) is 12.7. The highest BCUT2D eigenvalue weighted by Crippen LogP contribution is 2.19. The Morgan fingerprint density at radius 3 is 2.62 bits per heavy atom. The monoisotopic (exact) mass is 497 g/mol. The van der Waals surface area contributed by atoms with Gasteiger partial charge in [0.2, 0.25) is 15.9 Å². The van der Waals surface area contributed by atoms with Gasteiger partial charge in [-0.1, -0.05) is 23.7 Å². The first-order valence-corrected chi connectivity index (χ1v) is 13.1. The summed E-state index contributed by atoms with van der Waals surface area (Å²) < 4.78 is 34.7. The Morgan fingerprint density at radius 1 is 1.22 bits per heavy atom. The van der Waals surface area contributed by atoms with E-state index in [9.17, 15) is 18.0 Å². The van der Waals surface area contributed by atoms with Crippen molar-refractivity contribution in [1.82, 2.24) is 14.6 Å². The molecule has 1 heterocycles. The Labute approximate surface area is 195 Å². The van der Waals surface area contributed by atoms with E-state index in [0.717, 1.165) is 5.56 Å². The predicted molar refractivity (Wildman–Crippen MR) is 127 cm³/mol. The topological polar surface area (TPSA) is 110 Å². The average molecular weight is 498 g/mol. The molecule has 0 radical (unpaired) electrons. The minimum absolute atomic E-state index is 0.0811. The molecule has 32 heavy (non-hydrogen) atoms. The molecule has 0 aliphatic rings. The van der Waals surface area contributed by atoms with Crippen molar-refractivity contribution >= 4 is 50.4 Å². The number of amides is 1. The van der Waals surface area contributed by atoms with Crippen LogP contribution in [0.3, 0.4) is 0 Å². The molecule has 0 bridgehead atoms. The molecular formula is C21H24ClN3O5S2. The summed E-state index contributed by atoms with van der Waals surface area (Å²) >= 11 is 7.40. The van der Waals surface area contributed by atoms with Gasteiger partial charge in [-0.25, -0.2) is 13.2 Å². The summed E-state index contributed by atoms with van der Waals surface area (Å²) in [7, 11) is -2.48. The van der Waals surface area contributed by atoms with Crippen LogP contribution in [0.15, 0.2) is 56.6 Å². The molecule has 0 fully saturated rings. The van der Waals surface area contributed by atoms with Crippen LogP contribution in [0.4, 0.5) is 0 Å². The third kappa shape index (κ3) is 5.94. The Kier molecular flexibility index (Phi) is 8.05. The van der Waals surface area contributed by atoms with E-state index in [0.29, 0.717) is 35.7 Å². The van der Waals surface area contributed by atoms with Gasteiger partial charge in [0.05, 0.1) is 10.4 Å². The zero-order valence-electron chi connectivity index (χ0n) is 17.6.